The molecule has 0 heterocycles. The van der Waals surface area contributed by atoms with Crippen molar-refractivity contribution in [1.82, 2.24) is 0 Å². The Hall–Kier alpha value is -2.76. The molecule has 0 aliphatic heterocycles. The molecule has 4 aliphatic rings. The number of hydrogen-bond acceptors (Lipinski definition) is 6. The van der Waals surface area contributed by atoms with Crippen LogP contribution in [0.5, 0.6) is 11.5 Å². The van der Waals surface area contributed by atoms with Crippen LogP contribution in [0.1, 0.15) is 181 Å². The number of esters is 2. The normalized spacial score (nSPS) is 33.4. The van der Waals surface area contributed by atoms with Crippen LogP contribution < -0.4 is 9.47 Å². The van der Waals surface area contributed by atoms with E-state index in [0.29, 0.717) is 93.6 Å². The van der Waals surface area contributed by atoms with E-state index >= 15 is 0 Å². The molecule has 2 aromatic carbocycles. The van der Waals surface area contributed by atoms with E-state index in [2.05, 4.69) is 83.1 Å². The molecular formula is C52H80O6. The third kappa shape index (κ3) is 10.2. The first-order valence-corrected chi connectivity index (χ1v) is 23.9. The maximum Gasteiger partial charge on any atom is 0.342 e. The van der Waals surface area contributed by atoms with Crippen LogP contribution in [0.2, 0.25) is 0 Å². The van der Waals surface area contributed by atoms with Gasteiger partial charge in [0.25, 0.3) is 0 Å². The molecule has 2 aromatic rings. The number of fused-ring (bicyclic) bond motifs is 1. The van der Waals surface area contributed by atoms with Gasteiger partial charge in [-0.05, 0) is 147 Å². The molecule has 0 saturated heterocycles. The molecule has 6 nitrogen and oxygen atoms in total. The fraction of sp³-hybridized carbons (Fsp3) is 0.769. The molecule has 0 spiro atoms. The Morgan fingerprint density at radius 2 is 0.707 bits per heavy atom. The standard InChI is InChI=1S/C52H80O6/c1-29(2)37-17-13-33(9)25-45(37)55-49-41-21-24-44(52(54)58-48-28-36(12)16-20-40(48)32(7)8)50(56-46-26-34(10)14-18-38(46)30(3)4)42(41)22-23-43(49)51(53)57-47-27-35(11)15-19-39(47)31(5)6/h21-24,29-40,45-48H,13-20,25-28H2,1-12H3/t33-,34-,35-,36-,37+,38+,39+,40+,45-,46-,47-,48-/m1/s1. The van der Waals surface area contributed by atoms with Gasteiger partial charge in [0.05, 0.1) is 0 Å². The summed E-state index contributed by atoms with van der Waals surface area (Å²) in [6.07, 6.45) is 12.3. The van der Waals surface area contributed by atoms with E-state index in [1.807, 2.05) is 24.3 Å². The summed E-state index contributed by atoms with van der Waals surface area (Å²) in [5, 5.41) is 1.60. The summed E-state index contributed by atoms with van der Waals surface area (Å²) in [5.74, 6) is 5.72. The van der Waals surface area contributed by atoms with Crippen molar-refractivity contribution < 1.29 is 28.5 Å². The van der Waals surface area contributed by atoms with Gasteiger partial charge in [0, 0.05) is 10.8 Å². The number of carbonyl (C=O) groups excluding carboxylic acids is 2. The van der Waals surface area contributed by atoms with E-state index in [1.54, 1.807) is 0 Å². The number of benzene rings is 2. The van der Waals surface area contributed by atoms with Crippen LogP contribution in [0.15, 0.2) is 24.3 Å². The van der Waals surface area contributed by atoms with Crippen LogP contribution >= 0.6 is 0 Å². The number of carbonyl (C=O) groups is 2. The molecule has 0 amide bonds. The lowest BCUT2D eigenvalue weighted by Crippen LogP contribution is -2.38. The van der Waals surface area contributed by atoms with Gasteiger partial charge in [-0.15, -0.1) is 0 Å². The van der Waals surface area contributed by atoms with E-state index in [1.165, 1.54) is 25.7 Å². The molecule has 324 valence electrons. The van der Waals surface area contributed by atoms with Gasteiger partial charge in [0.2, 0.25) is 0 Å². The monoisotopic (exact) mass is 801 g/mol. The first kappa shape index (κ1) is 44.8. The van der Waals surface area contributed by atoms with E-state index in [4.69, 9.17) is 18.9 Å². The molecule has 0 radical (unpaired) electrons. The van der Waals surface area contributed by atoms with Gasteiger partial charge in [-0.1, -0.05) is 109 Å². The largest absolute Gasteiger partial charge is 0.489 e. The molecule has 4 fully saturated rings. The SMILES string of the molecule is CC(C)[C@@H]1CC[C@@H](C)C[C@H]1OC(=O)c1ccc2c(O[C@@H]3C[C@H](C)CC[C@H]3C(C)C)c(C(=O)O[C@@H]3C[C@H](C)CC[C@H]3C(C)C)ccc2c1O[C@@H]1C[C@H](C)CC[C@H]1C(C)C. The van der Waals surface area contributed by atoms with Crippen molar-refractivity contribution in [1.29, 1.82) is 0 Å². The van der Waals surface area contributed by atoms with Crippen molar-refractivity contribution in [3.05, 3.63) is 35.4 Å². The van der Waals surface area contributed by atoms with E-state index in [9.17, 15) is 9.59 Å². The lowest BCUT2D eigenvalue weighted by molar-refractivity contribution is -0.0190. The first-order valence-electron chi connectivity index (χ1n) is 23.9. The Labute approximate surface area is 352 Å². The van der Waals surface area contributed by atoms with Crippen LogP contribution in [-0.4, -0.2) is 36.4 Å². The number of hydrogen-bond donors (Lipinski definition) is 0. The molecular weight excluding hydrogens is 721 g/mol. The highest BCUT2D eigenvalue weighted by Crippen LogP contribution is 2.46. The minimum atomic E-state index is -0.315. The second-order valence-electron chi connectivity index (χ2n) is 21.5. The first-order chi connectivity index (χ1) is 27.5. The Morgan fingerprint density at radius 3 is 1.00 bits per heavy atom. The Kier molecular flexibility index (Phi) is 14.9. The fourth-order valence-electron chi connectivity index (χ4n) is 11.6. The molecule has 0 aromatic heterocycles. The smallest absolute Gasteiger partial charge is 0.342 e. The summed E-state index contributed by atoms with van der Waals surface area (Å²) in [4.78, 5) is 29.3. The Balaban J connectivity index is 1.48. The maximum absolute atomic E-state index is 14.6. The third-order valence-corrected chi connectivity index (χ3v) is 15.4. The van der Waals surface area contributed by atoms with Gasteiger partial charge >= 0.3 is 11.9 Å². The molecule has 0 unspecified atom stereocenters. The summed E-state index contributed by atoms with van der Waals surface area (Å²) >= 11 is 0. The zero-order valence-electron chi connectivity index (χ0n) is 38.5. The van der Waals surface area contributed by atoms with Crippen LogP contribution in [0.4, 0.5) is 0 Å². The molecule has 0 bridgehead atoms. The fourth-order valence-corrected chi connectivity index (χ4v) is 11.6. The van der Waals surface area contributed by atoms with E-state index < -0.39 is 0 Å². The second kappa shape index (κ2) is 19.3. The molecule has 4 aliphatic carbocycles. The molecule has 0 N–H and O–H groups in total. The van der Waals surface area contributed by atoms with Crippen molar-refractivity contribution in [2.24, 2.45) is 71.0 Å². The van der Waals surface area contributed by atoms with Crippen molar-refractivity contribution in [2.75, 3.05) is 0 Å². The van der Waals surface area contributed by atoms with E-state index in [0.717, 1.165) is 62.1 Å². The zero-order valence-corrected chi connectivity index (χ0v) is 38.5. The summed E-state index contributed by atoms with van der Waals surface area (Å²) in [6.45, 7) is 27.4. The molecule has 6 heteroatoms. The van der Waals surface area contributed by atoms with Gasteiger partial charge < -0.3 is 18.9 Å². The molecule has 12 atom stereocenters. The predicted octanol–water partition coefficient (Wildman–Crippen LogP) is 13.8. The molecule has 4 saturated carbocycles. The summed E-state index contributed by atoms with van der Waals surface area (Å²) in [7, 11) is 0. The highest BCUT2D eigenvalue weighted by Gasteiger charge is 2.39. The second-order valence-corrected chi connectivity index (χ2v) is 21.5. The topological polar surface area (TPSA) is 71.1 Å². The highest BCUT2D eigenvalue weighted by molar-refractivity contribution is 6.07. The number of rotatable bonds is 12. The van der Waals surface area contributed by atoms with Crippen molar-refractivity contribution in [3.63, 3.8) is 0 Å². The highest BCUT2D eigenvalue weighted by atomic mass is 16.6. The Bertz CT molecular complexity index is 1570. The maximum atomic E-state index is 14.6. The lowest BCUT2D eigenvalue weighted by atomic mass is 9.75. The summed E-state index contributed by atoms with van der Waals surface area (Å²) in [5.41, 5.74) is 0.940. The zero-order chi connectivity index (χ0) is 42.0. The van der Waals surface area contributed by atoms with Crippen molar-refractivity contribution in [3.8, 4) is 11.5 Å². The average molecular weight is 801 g/mol. The van der Waals surface area contributed by atoms with Gasteiger partial charge in [0.1, 0.15) is 47.0 Å². The van der Waals surface area contributed by atoms with Gasteiger partial charge in [0.15, 0.2) is 0 Å². The van der Waals surface area contributed by atoms with Crippen molar-refractivity contribution >= 4 is 22.7 Å². The van der Waals surface area contributed by atoms with Crippen LogP contribution in [0, 0.1) is 71.0 Å². The van der Waals surface area contributed by atoms with Crippen LogP contribution in [0.3, 0.4) is 0 Å². The Morgan fingerprint density at radius 1 is 0.431 bits per heavy atom. The van der Waals surface area contributed by atoms with E-state index in [-0.39, 0.29) is 36.4 Å². The predicted molar refractivity (Wildman–Crippen MR) is 237 cm³/mol. The minimum Gasteiger partial charge on any atom is -0.489 e. The van der Waals surface area contributed by atoms with Crippen LogP contribution in [0.25, 0.3) is 10.8 Å². The number of ether oxygens (including phenoxy) is 4. The molecule has 58 heavy (non-hydrogen) atoms. The lowest BCUT2D eigenvalue weighted by Gasteiger charge is -2.39. The van der Waals surface area contributed by atoms with Crippen molar-refractivity contribution in [2.45, 2.75) is 185 Å². The third-order valence-electron chi connectivity index (χ3n) is 15.4. The van der Waals surface area contributed by atoms with Gasteiger partial charge in [-0.3, -0.25) is 0 Å². The summed E-state index contributed by atoms with van der Waals surface area (Å²) < 4.78 is 27.7. The van der Waals surface area contributed by atoms with Crippen LogP contribution in [-0.2, 0) is 9.47 Å². The average Bonchev–Trinajstić information content (AvgIpc) is 3.14. The summed E-state index contributed by atoms with van der Waals surface area (Å²) in [6, 6.07) is 7.79. The minimum absolute atomic E-state index is 0.0428. The quantitative estimate of drug-likeness (QED) is 0.199. The van der Waals surface area contributed by atoms with Gasteiger partial charge in [-0.2, -0.15) is 0 Å². The molecule has 6 rings (SSSR count). The van der Waals surface area contributed by atoms with Gasteiger partial charge in [-0.25, -0.2) is 9.59 Å².